The lowest BCUT2D eigenvalue weighted by molar-refractivity contribution is 0.148. The third kappa shape index (κ3) is 3.39. The predicted octanol–water partition coefficient (Wildman–Crippen LogP) is 3.55. The van der Waals surface area contributed by atoms with Gasteiger partial charge in [0.05, 0.1) is 4.47 Å². The van der Waals surface area contributed by atoms with Gasteiger partial charge in [0.2, 0.25) is 0 Å². The number of para-hydroxylation sites is 1. The zero-order valence-corrected chi connectivity index (χ0v) is 13.5. The van der Waals surface area contributed by atoms with Crippen LogP contribution in [0.4, 0.5) is 0 Å². The van der Waals surface area contributed by atoms with Crippen LogP contribution in [0.3, 0.4) is 0 Å². The molecule has 2 aromatic rings. The Morgan fingerprint density at radius 1 is 1.29 bits per heavy atom. The average molecular weight is 348 g/mol. The fourth-order valence-electron chi connectivity index (χ4n) is 2.51. The molecule has 4 heteroatoms. The lowest BCUT2D eigenvalue weighted by atomic mass is 10.1. The lowest BCUT2D eigenvalue weighted by Crippen LogP contribution is -2.22. The van der Waals surface area contributed by atoms with Gasteiger partial charge in [-0.1, -0.05) is 24.3 Å². The van der Waals surface area contributed by atoms with E-state index >= 15 is 0 Å². The van der Waals surface area contributed by atoms with Crippen molar-refractivity contribution < 1.29 is 9.47 Å². The number of ether oxygens (including phenoxy) is 2. The smallest absolute Gasteiger partial charge is 0.137 e. The molecule has 0 aromatic heterocycles. The van der Waals surface area contributed by atoms with Crippen molar-refractivity contribution in [3.63, 3.8) is 0 Å². The number of rotatable bonds is 5. The minimum atomic E-state index is 0.0892. The van der Waals surface area contributed by atoms with Gasteiger partial charge >= 0.3 is 0 Å². The molecule has 110 valence electrons. The predicted molar refractivity (Wildman–Crippen MR) is 87.0 cm³/mol. The third-order valence-electron chi connectivity index (χ3n) is 3.52. The second-order valence-electron chi connectivity index (χ2n) is 5.16. The van der Waals surface area contributed by atoms with E-state index in [1.54, 1.807) is 0 Å². The second kappa shape index (κ2) is 6.50. The molecule has 0 bridgehead atoms. The van der Waals surface area contributed by atoms with Crippen molar-refractivity contribution in [1.29, 1.82) is 0 Å². The molecule has 1 aliphatic heterocycles. The van der Waals surface area contributed by atoms with E-state index in [2.05, 4.69) is 39.4 Å². The second-order valence-corrected chi connectivity index (χ2v) is 6.01. The normalized spacial score (nSPS) is 16.4. The lowest BCUT2D eigenvalue weighted by Gasteiger charge is -2.14. The van der Waals surface area contributed by atoms with E-state index in [1.165, 1.54) is 11.1 Å². The number of nitrogens with one attached hydrogen (secondary N) is 1. The molecule has 2 aromatic carbocycles. The van der Waals surface area contributed by atoms with Gasteiger partial charge in [-0.05, 0) is 52.3 Å². The fraction of sp³-hybridized carbons (Fsp3) is 0.294. The SMILES string of the molecule is CNCc1ccc(OCC2Cc3ccccc3O2)c(Br)c1. The highest BCUT2D eigenvalue weighted by Gasteiger charge is 2.23. The fourth-order valence-corrected chi connectivity index (χ4v) is 3.05. The molecule has 0 fully saturated rings. The summed E-state index contributed by atoms with van der Waals surface area (Å²) in [4.78, 5) is 0. The van der Waals surface area contributed by atoms with Crippen LogP contribution >= 0.6 is 15.9 Å². The van der Waals surface area contributed by atoms with Gasteiger partial charge in [0.25, 0.3) is 0 Å². The zero-order chi connectivity index (χ0) is 14.7. The number of fused-ring (bicyclic) bond motifs is 1. The van der Waals surface area contributed by atoms with Crippen LogP contribution in [-0.4, -0.2) is 19.8 Å². The summed E-state index contributed by atoms with van der Waals surface area (Å²) in [5.74, 6) is 1.84. The maximum atomic E-state index is 5.89. The van der Waals surface area contributed by atoms with Crippen LogP contribution in [0.15, 0.2) is 46.9 Å². The van der Waals surface area contributed by atoms with Gasteiger partial charge in [0.15, 0.2) is 0 Å². The van der Waals surface area contributed by atoms with Crippen LogP contribution in [0.1, 0.15) is 11.1 Å². The molecule has 0 saturated heterocycles. The molecular weight excluding hydrogens is 330 g/mol. The minimum Gasteiger partial charge on any atom is -0.489 e. The van der Waals surface area contributed by atoms with Gasteiger partial charge in [-0.25, -0.2) is 0 Å². The first kappa shape index (κ1) is 14.4. The summed E-state index contributed by atoms with van der Waals surface area (Å²) in [6, 6.07) is 14.3. The number of benzene rings is 2. The Morgan fingerprint density at radius 2 is 2.14 bits per heavy atom. The summed E-state index contributed by atoms with van der Waals surface area (Å²) in [5.41, 5.74) is 2.48. The van der Waals surface area contributed by atoms with Gasteiger partial charge in [0.1, 0.15) is 24.2 Å². The Labute approximate surface area is 133 Å². The average Bonchev–Trinajstić information content (AvgIpc) is 2.89. The van der Waals surface area contributed by atoms with Crippen molar-refractivity contribution in [3.05, 3.63) is 58.1 Å². The van der Waals surface area contributed by atoms with Gasteiger partial charge in [-0.15, -0.1) is 0 Å². The van der Waals surface area contributed by atoms with Crippen molar-refractivity contribution in [3.8, 4) is 11.5 Å². The Morgan fingerprint density at radius 3 is 2.90 bits per heavy atom. The summed E-state index contributed by atoms with van der Waals surface area (Å²) < 4.78 is 12.8. The van der Waals surface area contributed by atoms with Crippen molar-refractivity contribution in [2.75, 3.05) is 13.7 Å². The number of hydrogen-bond acceptors (Lipinski definition) is 3. The molecule has 0 saturated carbocycles. The van der Waals surface area contributed by atoms with Crippen LogP contribution in [0.5, 0.6) is 11.5 Å². The van der Waals surface area contributed by atoms with E-state index < -0.39 is 0 Å². The highest BCUT2D eigenvalue weighted by molar-refractivity contribution is 9.10. The Hall–Kier alpha value is -1.52. The van der Waals surface area contributed by atoms with E-state index in [9.17, 15) is 0 Å². The van der Waals surface area contributed by atoms with E-state index in [-0.39, 0.29) is 6.10 Å². The van der Waals surface area contributed by atoms with E-state index in [4.69, 9.17) is 9.47 Å². The molecule has 1 heterocycles. The molecule has 21 heavy (non-hydrogen) atoms. The molecule has 0 radical (unpaired) electrons. The van der Waals surface area contributed by atoms with Crippen LogP contribution < -0.4 is 14.8 Å². The van der Waals surface area contributed by atoms with Gasteiger partial charge in [0, 0.05) is 13.0 Å². The van der Waals surface area contributed by atoms with Gasteiger partial charge < -0.3 is 14.8 Å². The van der Waals surface area contributed by atoms with Gasteiger partial charge in [-0.2, -0.15) is 0 Å². The maximum absolute atomic E-state index is 5.89. The van der Waals surface area contributed by atoms with Crippen molar-refractivity contribution >= 4 is 15.9 Å². The Kier molecular flexibility index (Phi) is 4.46. The van der Waals surface area contributed by atoms with Crippen LogP contribution in [0.25, 0.3) is 0 Å². The molecule has 0 amide bonds. The summed E-state index contributed by atoms with van der Waals surface area (Å²) in [6.07, 6.45) is 0.998. The summed E-state index contributed by atoms with van der Waals surface area (Å²) >= 11 is 3.56. The van der Waals surface area contributed by atoms with Crippen LogP contribution in [0.2, 0.25) is 0 Å². The van der Waals surface area contributed by atoms with E-state index in [0.29, 0.717) is 6.61 Å². The molecule has 0 spiro atoms. The van der Waals surface area contributed by atoms with E-state index in [1.807, 2.05) is 31.3 Å². The maximum Gasteiger partial charge on any atom is 0.137 e. The minimum absolute atomic E-state index is 0.0892. The first-order valence-corrected chi connectivity index (χ1v) is 7.86. The van der Waals surface area contributed by atoms with Gasteiger partial charge in [-0.3, -0.25) is 0 Å². The number of halogens is 1. The molecule has 3 nitrogen and oxygen atoms in total. The highest BCUT2D eigenvalue weighted by Crippen LogP contribution is 2.30. The van der Waals surface area contributed by atoms with Crippen LogP contribution in [-0.2, 0) is 13.0 Å². The quantitative estimate of drug-likeness (QED) is 0.897. The molecule has 1 N–H and O–H groups in total. The first-order chi connectivity index (χ1) is 10.3. The molecular formula is C17H18BrNO2. The molecule has 0 aliphatic carbocycles. The summed E-state index contributed by atoms with van der Waals surface area (Å²) in [7, 11) is 1.94. The first-order valence-electron chi connectivity index (χ1n) is 7.06. The third-order valence-corrected chi connectivity index (χ3v) is 4.14. The molecule has 1 unspecified atom stereocenters. The monoisotopic (exact) mass is 347 g/mol. The largest absolute Gasteiger partial charge is 0.489 e. The van der Waals surface area contributed by atoms with Crippen LogP contribution in [0, 0.1) is 0 Å². The summed E-state index contributed by atoms with van der Waals surface area (Å²) in [5, 5.41) is 3.14. The zero-order valence-electron chi connectivity index (χ0n) is 11.9. The van der Waals surface area contributed by atoms with Crippen molar-refractivity contribution in [1.82, 2.24) is 5.32 Å². The Balaban J connectivity index is 1.59. The highest BCUT2D eigenvalue weighted by atomic mass is 79.9. The molecule has 1 aliphatic rings. The summed E-state index contributed by atoms with van der Waals surface area (Å²) in [6.45, 7) is 1.40. The topological polar surface area (TPSA) is 30.5 Å². The molecule has 1 atom stereocenters. The molecule has 3 rings (SSSR count). The van der Waals surface area contributed by atoms with Crippen molar-refractivity contribution in [2.24, 2.45) is 0 Å². The van der Waals surface area contributed by atoms with Crippen molar-refractivity contribution in [2.45, 2.75) is 19.1 Å². The Bertz CT molecular complexity index is 605. The van der Waals surface area contributed by atoms with E-state index in [0.717, 1.165) is 28.9 Å². The number of hydrogen-bond donors (Lipinski definition) is 1. The standard InChI is InChI=1S/C17H18BrNO2/c1-19-10-12-6-7-17(15(18)8-12)20-11-14-9-13-4-2-3-5-16(13)21-14/h2-8,14,19H,9-11H2,1H3.